The maximum atomic E-state index is 5.53. The van der Waals surface area contributed by atoms with Crippen LogP contribution in [0.4, 0.5) is 0 Å². The Bertz CT molecular complexity index is 561. The molecule has 0 saturated carbocycles. The molecule has 0 aliphatic carbocycles. The third-order valence-electron chi connectivity index (χ3n) is 2.92. The quantitative estimate of drug-likeness (QED) is 0.694. The Morgan fingerprint density at radius 3 is 2.50 bits per heavy atom. The molecule has 0 aliphatic rings. The first-order valence-corrected chi connectivity index (χ1v) is 7.27. The number of hydrogen-bond donors (Lipinski definition) is 0. The number of ether oxygens (including phenoxy) is 1. The highest BCUT2D eigenvalue weighted by atomic mass is 79.9. The van der Waals surface area contributed by atoms with Crippen LogP contribution in [0.2, 0.25) is 0 Å². The summed E-state index contributed by atoms with van der Waals surface area (Å²) >= 11 is 7.23. The smallest absolute Gasteiger partial charge is 0.124 e. The molecular formula is C14H14Br2O2. The van der Waals surface area contributed by atoms with Gasteiger partial charge >= 0.3 is 0 Å². The predicted octanol–water partition coefficient (Wildman–Crippen LogP) is 5.15. The molecule has 0 bridgehead atoms. The number of rotatable bonds is 3. The highest BCUT2D eigenvalue weighted by molar-refractivity contribution is 9.10. The number of methoxy groups -OCH3 is 1. The van der Waals surface area contributed by atoms with Gasteiger partial charge in [-0.05, 0) is 43.2 Å². The molecule has 0 amide bonds. The number of benzene rings is 1. The summed E-state index contributed by atoms with van der Waals surface area (Å²) in [4.78, 5) is -0.0145. The molecule has 4 heteroatoms. The van der Waals surface area contributed by atoms with E-state index in [1.165, 1.54) is 0 Å². The predicted molar refractivity (Wildman–Crippen MR) is 79.6 cm³/mol. The van der Waals surface area contributed by atoms with Gasteiger partial charge in [0.05, 0.1) is 13.4 Å². The van der Waals surface area contributed by atoms with Crippen molar-refractivity contribution in [3.05, 3.63) is 51.4 Å². The van der Waals surface area contributed by atoms with Gasteiger partial charge in [0.2, 0.25) is 0 Å². The maximum absolute atomic E-state index is 5.53. The van der Waals surface area contributed by atoms with Crippen LogP contribution < -0.4 is 4.74 Å². The summed E-state index contributed by atoms with van der Waals surface area (Å²) in [5.41, 5.74) is 3.31. The van der Waals surface area contributed by atoms with Gasteiger partial charge in [-0.2, -0.15) is 0 Å². The molecule has 2 aromatic rings. The Labute approximate surface area is 124 Å². The Balaban J connectivity index is 2.50. The fourth-order valence-corrected chi connectivity index (χ4v) is 3.02. The minimum Gasteiger partial charge on any atom is -0.496 e. The van der Waals surface area contributed by atoms with Crippen LogP contribution in [0.1, 0.15) is 27.3 Å². The van der Waals surface area contributed by atoms with Crippen LogP contribution in [0.15, 0.2) is 33.4 Å². The molecule has 0 N–H and O–H groups in total. The molecule has 96 valence electrons. The van der Waals surface area contributed by atoms with Crippen molar-refractivity contribution >= 4 is 31.9 Å². The van der Waals surface area contributed by atoms with Gasteiger partial charge in [-0.3, -0.25) is 0 Å². The second-order valence-electron chi connectivity index (χ2n) is 4.17. The van der Waals surface area contributed by atoms with Crippen LogP contribution in [0, 0.1) is 13.8 Å². The second kappa shape index (κ2) is 5.49. The molecule has 18 heavy (non-hydrogen) atoms. The minimum absolute atomic E-state index is 0.0145. The van der Waals surface area contributed by atoms with Crippen molar-refractivity contribution in [3.63, 3.8) is 0 Å². The Morgan fingerprint density at radius 2 is 1.94 bits per heavy atom. The van der Waals surface area contributed by atoms with Gasteiger partial charge in [-0.1, -0.05) is 31.9 Å². The van der Waals surface area contributed by atoms with Crippen molar-refractivity contribution in [1.82, 2.24) is 0 Å². The zero-order valence-corrected chi connectivity index (χ0v) is 13.6. The highest BCUT2D eigenvalue weighted by Gasteiger charge is 2.20. The molecule has 0 spiro atoms. The minimum atomic E-state index is -0.0145. The molecule has 1 unspecified atom stereocenters. The fourth-order valence-electron chi connectivity index (χ4n) is 1.83. The van der Waals surface area contributed by atoms with Crippen molar-refractivity contribution in [1.29, 1.82) is 0 Å². The molecule has 2 rings (SSSR count). The molecule has 1 aromatic heterocycles. The summed E-state index contributed by atoms with van der Waals surface area (Å²) in [6.45, 7) is 4.07. The van der Waals surface area contributed by atoms with E-state index in [-0.39, 0.29) is 4.83 Å². The summed E-state index contributed by atoms with van der Waals surface area (Å²) in [7, 11) is 1.68. The standard InChI is InChI=1S/C14H14Br2O2/c1-8-4-5-18-14(8)13(16)10-7-11(15)9(2)6-12(10)17-3/h4-7,13H,1-3H3. The van der Waals surface area contributed by atoms with E-state index >= 15 is 0 Å². The first-order valence-electron chi connectivity index (χ1n) is 5.56. The number of furan rings is 1. The van der Waals surface area contributed by atoms with Crippen LogP contribution in [0.25, 0.3) is 0 Å². The fraction of sp³-hybridized carbons (Fsp3) is 0.286. The zero-order valence-electron chi connectivity index (χ0n) is 10.5. The molecule has 0 aliphatic heterocycles. The average Bonchev–Trinajstić information content (AvgIpc) is 2.77. The average molecular weight is 374 g/mol. The van der Waals surface area contributed by atoms with Gasteiger partial charge < -0.3 is 9.15 Å². The number of alkyl halides is 1. The molecular weight excluding hydrogens is 360 g/mol. The lowest BCUT2D eigenvalue weighted by molar-refractivity contribution is 0.408. The van der Waals surface area contributed by atoms with Gasteiger partial charge in [0, 0.05) is 10.0 Å². The molecule has 2 nitrogen and oxygen atoms in total. The lowest BCUT2D eigenvalue weighted by Gasteiger charge is -2.15. The maximum Gasteiger partial charge on any atom is 0.124 e. The van der Waals surface area contributed by atoms with Crippen molar-refractivity contribution in [2.75, 3.05) is 7.11 Å². The number of aryl methyl sites for hydroxylation is 2. The summed E-state index contributed by atoms with van der Waals surface area (Å²) in [6, 6.07) is 6.04. The Kier molecular flexibility index (Phi) is 4.17. The topological polar surface area (TPSA) is 22.4 Å². The highest BCUT2D eigenvalue weighted by Crippen LogP contribution is 2.40. The largest absolute Gasteiger partial charge is 0.496 e. The second-order valence-corrected chi connectivity index (χ2v) is 5.94. The van der Waals surface area contributed by atoms with E-state index in [9.17, 15) is 0 Å². The van der Waals surface area contributed by atoms with Crippen LogP contribution in [-0.4, -0.2) is 7.11 Å². The van der Waals surface area contributed by atoms with Crippen molar-refractivity contribution < 1.29 is 9.15 Å². The van der Waals surface area contributed by atoms with Crippen LogP contribution in [0.3, 0.4) is 0 Å². The van der Waals surface area contributed by atoms with E-state index in [0.29, 0.717) is 0 Å². The summed E-state index contributed by atoms with van der Waals surface area (Å²) in [5.74, 6) is 1.76. The van der Waals surface area contributed by atoms with Gasteiger partial charge in [0.25, 0.3) is 0 Å². The summed E-state index contributed by atoms with van der Waals surface area (Å²) in [6.07, 6.45) is 1.70. The molecule has 1 heterocycles. The van der Waals surface area contributed by atoms with Crippen molar-refractivity contribution in [2.45, 2.75) is 18.7 Å². The molecule has 0 saturated heterocycles. The summed E-state index contributed by atoms with van der Waals surface area (Å²) in [5, 5.41) is 0. The number of halogens is 2. The lowest BCUT2D eigenvalue weighted by Crippen LogP contribution is -1.98. The van der Waals surface area contributed by atoms with Crippen molar-refractivity contribution in [3.8, 4) is 5.75 Å². The Morgan fingerprint density at radius 1 is 1.22 bits per heavy atom. The Hall–Kier alpha value is -0.740. The monoisotopic (exact) mass is 372 g/mol. The van der Waals surface area contributed by atoms with Gasteiger partial charge in [0.1, 0.15) is 16.3 Å². The normalized spacial score (nSPS) is 12.5. The summed E-state index contributed by atoms with van der Waals surface area (Å²) < 4.78 is 12.0. The van der Waals surface area contributed by atoms with Gasteiger partial charge in [0.15, 0.2) is 0 Å². The van der Waals surface area contributed by atoms with Crippen LogP contribution in [0.5, 0.6) is 5.75 Å². The molecule has 1 aromatic carbocycles. The number of hydrogen-bond acceptors (Lipinski definition) is 2. The van der Waals surface area contributed by atoms with Crippen molar-refractivity contribution in [2.24, 2.45) is 0 Å². The van der Waals surface area contributed by atoms with Crippen LogP contribution in [-0.2, 0) is 0 Å². The van der Waals surface area contributed by atoms with E-state index in [1.807, 2.05) is 26.0 Å². The van der Waals surface area contributed by atoms with E-state index in [2.05, 4.69) is 37.9 Å². The third kappa shape index (κ3) is 2.50. The molecule has 0 radical (unpaired) electrons. The van der Waals surface area contributed by atoms with Gasteiger partial charge in [-0.15, -0.1) is 0 Å². The molecule has 1 atom stereocenters. The van der Waals surface area contributed by atoms with Gasteiger partial charge in [-0.25, -0.2) is 0 Å². The van der Waals surface area contributed by atoms with E-state index in [1.54, 1.807) is 13.4 Å². The molecule has 0 fully saturated rings. The first kappa shape index (κ1) is 13.7. The van der Waals surface area contributed by atoms with E-state index < -0.39 is 0 Å². The lowest BCUT2D eigenvalue weighted by atomic mass is 10.0. The SMILES string of the molecule is COc1cc(C)c(Br)cc1C(Br)c1occc1C. The first-order chi connectivity index (χ1) is 8.54. The van der Waals surface area contributed by atoms with E-state index in [4.69, 9.17) is 9.15 Å². The van der Waals surface area contributed by atoms with E-state index in [0.717, 1.165) is 32.7 Å². The zero-order chi connectivity index (χ0) is 13.3. The van der Waals surface area contributed by atoms with Crippen LogP contribution >= 0.6 is 31.9 Å². The third-order valence-corrected chi connectivity index (χ3v) is 4.68.